The molecule has 0 aliphatic carbocycles. The van der Waals surface area contributed by atoms with Gasteiger partial charge in [0.15, 0.2) is 0 Å². The van der Waals surface area contributed by atoms with Crippen molar-refractivity contribution in [3.63, 3.8) is 0 Å². The summed E-state index contributed by atoms with van der Waals surface area (Å²) in [5.74, 6) is 2.85. The average Bonchev–Trinajstić information content (AvgIpc) is 2.90. The number of pyridine rings is 1. The van der Waals surface area contributed by atoms with E-state index in [1.165, 1.54) is 5.56 Å². The van der Waals surface area contributed by atoms with Crippen molar-refractivity contribution in [1.29, 1.82) is 0 Å². The minimum absolute atomic E-state index is 0.338. The molecule has 0 amide bonds. The first-order chi connectivity index (χ1) is 10.1. The summed E-state index contributed by atoms with van der Waals surface area (Å²) >= 11 is 0. The standard InChI is InChI=1S/C17H25N3O/c1-5-10-18-14(3)15-7-9-17(19-11-15)20(4)12-16-8-6-13(2)21-16/h6-9,11,14,18H,5,10,12H2,1-4H3. The van der Waals surface area contributed by atoms with Crippen LogP contribution in [0.4, 0.5) is 5.82 Å². The summed E-state index contributed by atoms with van der Waals surface area (Å²) in [7, 11) is 2.03. The molecule has 0 spiro atoms. The molecule has 0 aliphatic rings. The predicted octanol–water partition coefficient (Wildman–Crippen LogP) is 3.68. The molecule has 0 bridgehead atoms. The van der Waals surface area contributed by atoms with Gasteiger partial charge in [0, 0.05) is 19.3 Å². The van der Waals surface area contributed by atoms with E-state index in [1.807, 2.05) is 32.3 Å². The maximum absolute atomic E-state index is 5.60. The van der Waals surface area contributed by atoms with Crippen molar-refractivity contribution in [2.75, 3.05) is 18.5 Å². The lowest BCUT2D eigenvalue weighted by molar-refractivity contribution is 0.481. The van der Waals surface area contributed by atoms with Crippen molar-refractivity contribution in [3.8, 4) is 0 Å². The quantitative estimate of drug-likeness (QED) is 0.843. The van der Waals surface area contributed by atoms with Gasteiger partial charge in [-0.25, -0.2) is 4.98 Å². The van der Waals surface area contributed by atoms with Gasteiger partial charge in [-0.1, -0.05) is 13.0 Å². The lowest BCUT2D eigenvalue weighted by Gasteiger charge is -2.18. The number of rotatable bonds is 7. The van der Waals surface area contributed by atoms with Crippen LogP contribution < -0.4 is 10.2 Å². The molecule has 2 heterocycles. The molecule has 1 N–H and O–H groups in total. The molecule has 4 nitrogen and oxygen atoms in total. The molecule has 0 saturated heterocycles. The number of aryl methyl sites for hydroxylation is 1. The van der Waals surface area contributed by atoms with Crippen LogP contribution in [0.2, 0.25) is 0 Å². The Morgan fingerprint density at radius 2 is 2.10 bits per heavy atom. The third-order valence-corrected chi connectivity index (χ3v) is 3.55. The van der Waals surface area contributed by atoms with Gasteiger partial charge < -0.3 is 14.6 Å². The zero-order valence-electron chi connectivity index (χ0n) is 13.4. The molecule has 0 aliphatic heterocycles. The van der Waals surface area contributed by atoms with E-state index in [9.17, 15) is 0 Å². The molecular weight excluding hydrogens is 262 g/mol. The van der Waals surface area contributed by atoms with Gasteiger partial charge in [0.25, 0.3) is 0 Å². The minimum Gasteiger partial charge on any atom is -0.464 e. The zero-order chi connectivity index (χ0) is 15.2. The maximum atomic E-state index is 5.60. The second-order valence-electron chi connectivity index (χ2n) is 5.49. The van der Waals surface area contributed by atoms with Crippen LogP contribution in [0.1, 0.15) is 43.4 Å². The summed E-state index contributed by atoms with van der Waals surface area (Å²) in [6, 6.07) is 8.54. The molecule has 0 fully saturated rings. The SMILES string of the molecule is CCCNC(C)c1ccc(N(C)Cc2ccc(C)o2)nc1. The third kappa shape index (κ3) is 4.33. The number of nitrogens with one attached hydrogen (secondary N) is 1. The van der Waals surface area contributed by atoms with E-state index >= 15 is 0 Å². The second kappa shape index (κ2) is 7.27. The van der Waals surface area contributed by atoms with E-state index in [0.717, 1.165) is 36.8 Å². The van der Waals surface area contributed by atoms with Crippen LogP contribution in [-0.4, -0.2) is 18.6 Å². The highest BCUT2D eigenvalue weighted by Crippen LogP contribution is 2.17. The van der Waals surface area contributed by atoms with E-state index in [-0.39, 0.29) is 0 Å². The van der Waals surface area contributed by atoms with Gasteiger partial charge in [-0.3, -0.25) is 0 Å². The minimum atomic E-state index is 0.338. The Morgan fingerprint density at radius 1 is 1.29 bits per heavy atom. The summed E-state index contributed by atoms with van der Waals surface area (Å²) in [6.07, 6.45) is 3.09. The summed E-state index contributed by atoms with van der Waals surface area (Å²) in [5, 5.41) is 3.47. The van der Waals surface area contributed by atoms with Gasteiger partial charge >= 0.3 is 0 Å². The zero-order valence-corrected chi connectivity index (χ0v) is 13.4. The number of hydrogen-bond acceptors (Lipinski definition) is 4. The smallest absolute Gasteiger partial charge is 0.128 e. The summed E-state index contributed by atoms with van der Waals surface area (Å²) in [5.41, 5.74) is 1.22. The highest BCUT2D eigenvalue weighted by atomic mass is 16.3. The van der Waals surface area contributed by atoms with E-state index in [1.54, 1.807) is 0 Å². The number of aromatic nitrogens is 1. The molecule has 21 heavy (non-hydrogen) atoms. The van der Waals surface area contributed by atoms with Crippen LogP contribution in [0.15, 0.2) is 34.9 Å². The fourth-order valence-electron chi connectivity index (χ4n) is 2.24. The molecular formula is C17H25N3O. The van der Waals surface area contributed by atoms with Crippen molar-refractivity contribution >= 4 is 5.82 Å². The number of furan rings is 1. The van der Waals surface area contributed by atoms with Gasteiger partial charge in [0.05, 0.1) is 6.54 Å². The summed E-state index contributed by atoms with van der Waals surface area (Å²) in [4.78, 5) is 6.64. The first-order valence-corrected chi connectivity index (χ1v) is 7.56. The Bertz CT molecular complexity index is 547. The first-order valence-electron chi connectivity index (χ1n) is 7.56. The Hall–Kier alpha value is -1.81. The molecule has 2 aromatic rings. The fraction of sp³-hybridized carbons (Fsp3) is 0.471. The highest BCUT2D eigenvalue weighted by molar-refractivity contribution is 5.39. The Morgan fingerprint density at radius 3 is 2.67 bits per heavy atom. The van der Waals surface area contributed by atoms with Gasteiger partial charge in [0.2, 0.25) is 0 Å². The Labute approximate surface area is 127 Å². The monoisotopic (exact) mass is 287 g/mol. The molecule has 4 heteroatoms. The molecule has 0 aromatic carbocycles. The van der Waals surface area contributed by atoms with Crippen molar-refractivity contribution in [2.24, 2.45) is 0 Å². The van der Waals surface area contributed by atoms with E-state index < -0.39 is 0 Å². The topological polar surface area (TPSA) is 41.3 Å². The lowest BCUT2D eigenvalue weighted by atomic mass is 10.1. The molecule has 1 unspecified atom stereocenters. The van der Waals surface area contributed by atoms with Crippen molar-refractivity contribution in [1.82, 2.24) is 10.3 Å². The number of nitrogens with zero attached hydrogens (tertiary/aromatic N) is 2. The molecule has 2 aromatic heterocycles. The van der Waals surface area contributed by atoms with E-state index in [4.69, 9.17) is 4.42 Å². The van der Waals surface area contributed by atoms with Crippen LogP contribution in [0.5, 0.6) is 0 Å². The highest BCUT2D eigenvalue weighted by Gasteiger charge is 2.08. The van der Waals surface area contributed by atoms with Crippen LogP contribution in [0.3, 0.4) is 0 Å². The van der Waals surface area contributed by atoms with Gasteiger partial charge in [-0.05, 0) is 50.6 Å². The van der Waals surface area contributed by atoms with Crippen molar-refractivity contribution in [2.45, 2.75) is 39.8 Å². The summed E-state index contributed by atoms with van der Waals surface area (Å²) in [6.45, 7) is 8.06. The lowest BCUT2D eigenvalue weighted by Crippen LogP contribution is -2.20. The average molecular weight is 287 g/mol. The number of anilines is 1. The van der Waals surface area contributed by atoms with E-state index in [2.05, 4.69) is 41.2 Å². The first kappa shape index (κ1) is 15.6. The Kier molecular flexibility index (Phi) is 5.39. The molecule has 114 valence electrons. The number of hydrogen-bond donors (Lipinski definition) is 1. The molecule has 1 atom stereocenters. The van der Waals surface area contributed by atoms with Gasteiger partial charge in [-0.15, -0.1) is 0 Å². The summed E-state index contributed by atoms with van der Waals surface area (Å²) < 4.78 is 5.60. The van der Waals surface area contributed by atoms with Crippen LogP contribution >= 0.6 is 0 Å². The van der Waals surface area contributed by atoms with Crippen LogP contribution in [0.25, 0.3) is 0 Å². The normalized spacial score (nSPS) is 12.4. The van der Waals surface area contributed by atoms with Gasteiger partial charge in [0.1, 0.15) is 17.3 Å². The third-order valence-electron chi connectivity index (χ3n) is 3.55. The molecule has 0 radical (unpaired) electrons. The van der Waals surface area contributed by atoms with Crippen molar-refractivity contribution < 1.29 is 4.42 Å². The maximum Gasteiger partial charge on any atom is 0.128 e. The van der Waals surface area contributed by atoms with Crippen LogP contribution in [-0.2, 0) is 6.54 Å². The van der Waals surface area contributed by atoms with Crippen molar-refractivity contribution in [3.05, 3.63) is 47.5 Å². The predicted molar refractivity (Wildman–Crippen MR) is 86.5 cm³/mol. The van der Waals surface area contributed by atoms with Gasteiger partial charge in [-0.2, -0.15) is 0 Å². The molecule has 0 saturated carbocycles. The Balaban J connectivity index is 1.97. The van der Waals surface area contributed by atoms with E-state index in [0.29, 0.717) is 6.04 Å². The fourth-order valence-corrected chi connectivity index (χ4v) is 2.24. The second-order valence-corrected chi connectivity index (χ2v) is 5.49. The van der Waals surface area contributed by atoms with Crippen LogP contribution in [0, 0.1) is 6.92 Å². The largest absolute Gasteiger partial charge is 0.464 e. The molecule has 2 rings (SSSR count).